The van der Waals surface area contributed by atoms with Crippen molar-refractivity contribution in [1.29, 1.82) is 0 Å². The van der Waals surface area contributed by atoms with Gasteiger partial charge in [0.1, 0.15) is 6.61 Å². The van der Waals surface area contributed by atoms with E-state index in [1.165, 1.54) is 0 Å². The van der Waals surface area contributed by atoms with Crippen molar-refractivity contribution in [2.45, 2.75) is 70.7 Å². The number of cyclic esters (lactones) is 1. The molecule has 2 saturated carbocycles. The van der Waals surface area contributed by atoms with Crippen LogP contribution in [0.15, 0.2) is 11.6 Å². The molecule has 2 aliphatic carbocycles. The molecule has 0 spiro atoms. The number of carbonyl (C=O) groups excluding carboxylic acids is 1. The standard InChI is InChI=1S/C20H28O6S/c1-18-7-5-16-19(2,11-24-27(22)26-16)14(18)4-8-20(3)15(18)10-13(25-20)12-6-9-23-17(12)21/h6,13-16H,4-5,7-11H2,1-3H3/t13?,14-,15?,16+,18+,19-,20+,27?/m0/s1. The Bertz CT molecular complexity index is 736. The molecule has 3 aliphatic heterocycles. The van der Waals surface area contributed by atoms with Gasteiger partial charge in [-0.3, -0.25) is 8.37 Å². The Hall–Kier alpha value is -0.760. The number of carbonyl (C=O) groups is 1. The second-order valence-corrected chi connectivity index (χ2v) is 10.5. The Kier molecular flexibility index (Phi) is 3.98. The van der Waals surface area contributed by atoms with E-state index in [0.29, 0.717) is 30.6 Å². The molecule has 8 atom stereocenters. The second-order valence-electron chi connectivity index (χ2n) is 9.66. The van der Waals surface area contributed by atoms with Gasteiger partial charge in [-0.15, -0.1) is 0 Å². The lowest BCUT2D eigenvalue weighted by Crippen LogP contribution is -2.63. The number of esters is 1. The minimum atomic E-state index is -1.62. The van der Waals surface area contributed by atoms with Crippen molar-refractivity contribution >= 4 is 17.3 Å². The summed E-state index contributed by atoms with van der Waals surface area (Å²) >= 11 is -1.62. The number of hydrogen-bond acceptors (Lipinski definition) is 6. The van der Waals surface area contributed by atoms with Crippen molar-refractivity contribution in [2.24, 2.45) is 22.7 Å². The molecule has 0 amide bonds. The molecule has 150 valence electrons. The summed E-state index contributed by atoms with van der Waals surface area (Å²) in [7, 11) is 0. The highest BCUT2D eigenvalue weighted by atomic mass is 32.2. The molecule has 6 nitrogen and oxygen atoms in total. The van der Waals surface area contributed by atoms with Crippen molar-refractivity contribution in [3.05, 3.63) is 11.6 Å². The van der Waals surface area contributed by atoms with E-state index >= 15 is 0 Å². The average molecular weight is 397 g/mol. The van der Waals surface area contributed by atoms with E-state index < -0.39 is 11.4 Å². The van der Waals surface area contributed by atoms with Crippen LogP contribution in [0.2, 0.25) is 0 Å². The highest BCUT2D eigenvalue weighted by Crippen LogP contribution is 2.67. The molecule has 0 aromatic carbocycles. The second kappa shape index (κ2) is 5.88. The molecule has 0 bridgehead atoms. The molecule has 2 saturated heterocycles. The Morgan fingerprint density at radius 2 is 1.93 bits per heavy atom. The molecule has 3 unspecified atom stereocenters. The van der Waals surface area contributed by atoms with Gasteiger partial charge in [0.25, 0.3) is 0 Å². The van der Waals surface area contributed by atoms with Gasteiger partial charge in [-0.25, -0.2) is 4.79 Å². The summed E-state index contributed by atoms with van der Waals surface area (Å²) in [6.07, 6.45) is 6.47. The third-order valence-corrected chi connectivity index (χ3v) is 9.06. The van der Waals surface area contributed by atoms with Crippen molar-refractivity contribution in [1.82, 2.24) is 0 Å². The Balaban J connectivity index is 1.47. The summed E-state index contributed by atoms with van der Waals surface area (Å²) in [5.41, 5.74) is 0.431. The monoisotopic (exact) mass is 396 g/mol. The number of ether oxygens (including phenoxy) is 2. The predicted octanol–water partition coefficient (Wildman–Crippen LogP) is 2.84. The number of hydrogen-bond donors (Lipinski definition) is 0. The van der Waals surface area contributed by atoms with E-state index in [1.807, 2.05) is 6.08 Å². The lowest BCUT2D eigenvalue weighted by molar-refractivity contribution is -0.198. The Morgan fingerprint density at radius 1 is 1.11 bits per heavy atom. The van der Waals surface area contributed by atoms with Crippen LogP contribution in [0.25, 0.3) is 0 Å². The highest BCUT2D eigenvalue weighted by molar-refractivity contribution is 7.75. The Labute approximate surface area is 162 Å². The van der Waals surface area contributed by atoms with Gasteiger partial charge < -0.3 is 9.47 Å². The van der Waals surface area contributed by atoms with Crippen molar-refractivity contribution in [2.75, 3.05) is 13.2 Å². The topological polar surface area (TPSA) is 71.1 Å². The normalized spacial score (nSPS) is 54.6. The largest absolute Gasteiger partial charge is 0.458 e. The molecule has 0 N–H and O–H groups in total. The van der Waals surface area contributed by atoms with Gasteiger partial charge in [-0.2, -0.15) is 4.21 Å². The van der Waals surface area contributed by atoms with Gasteiger partial charge in [-0.05, 0) is 62.4 Å². The number of fused-ring (bicyclic) bond motifs is 5. The van der Waals surface area contributed by atoms with E-state index in [4.69, 9.17) is 17.8 Å². The van der Waals surface area contributed by atoms with Crippen LogP contribution in [0.3, 0.4) is 0 Å². The van der Waals surface area contributed by atoms with Crippen molar-refractivity contribution in [3.8, 4) is 0 Å². The van der Waals surface area contributed by atoms with E-state index in [1.54, 1.807) is 0 Å². The SMILES string of the molecule is C[C@@]12COS(=O)O[C@@H]1CC[C@@]1(C)C3CC(C4=CCOC4=O)O[C@]3(C)CC[C@H]21. The maximum absolute atomic E-state index is 12.1. The minimum Gasteiger partial charge on any atom is -0.458 e. The van der Waals surface area contributed by atoms with E-state index in [2.05, 4.69) is 20.8 Å². The van der Waals surface area contributed by atoms with Gasteiger partial charge in [0.05, 0.1) is 30.0 Å². The molecule has 3 heterocycles. The lowest BCUT2D eigenvalue weighted by atomic mass is 9.44. The summed E-state index contributed by atoms with van der Waals surface area (Å²) in [5.74, 6) is 0.565. The first-order valence-electron chi connectivity index (χ1n) is 10.0. The summed E-state index contributed by atoms with van der Waals surface area (Å²) < 4.78 is 34.5. The third-order valence-electron chi connectivity index (χ3n) is 8.36. The zero-order chi connectivity index (χ0) is 19.0. The molecule has 4 fully saturated rings. The van der Waals surface area contributed by atoms with Crippen LogP contribution in [0.4, 0.5) is 0 Å². The highest BCUT2D eigenvalue weighted by Gasteiger charge is 2.66. The molecule has 0 aromatic rings. The minimum absolute atomic E-state index is 0.0137. The first-order valence-corrected chi connectivity index (χ1v) is 11.0. The third kappa shape index (κ3) is 2.47. The van der Waals surface area contributed by atoms with Gasteiger partial charge in [0, 0.05) is 5.41 Å². The first kappa shape index (κ1) is 18.3. The summed E-state index contributed by atoms with van der Waals surface area (Å²) in [4.78, 5) is 12.1. The van der Waals surface area contributed by atoms with Crippen LogP contribution >= 0.6 is 0 Å². The maximum atomic E-state index is 12.1. The molecular weight excluding hydrogens is 368 g/mol. The van der Waals surface area contributed by atoms with Crippen LogP contribution in [0.5, 0.6) is 0 Å². The fourth-order valence-electron chi connectivity index (χ4n) is 7.03. The molecule has 5 aliphatic rings. The fraction of sp³-hybridized carbons (Fsp3) is 0.850. The van der Waals surface area contributed by atoms with Crippen LogP contribution in [0.1, 0.15) is 52.9 Å². The van der Waals surface area contributed by atoms with Gasteiger partial charge in [-0.1, -0.05) is 13.8 Å². The van der Waals surface area contributed by atoms with Gasteiger partial charge in [0.2, 0.25) is 0 Å². The van der Waals surface area contributed by atoms with Crippen LogP contribution in [-0.4, -0.2) is 41.2 Å². The molecule has 27 heavy (non-hydrogen) atoms. The maximum Gasteiger partial charge on any atom is 0.336 e. The molecule has 7 heteroatoms. The van der Waals surface area contributed by atoms with E-state index in [9.17, 15) is 9.00 Å². The summed E-state index contributed by atoms with van der Waals surface area (Å²) in [6, 6.07) is 0. The predicted molar refractivity (Wildman–Crippen MR) is 97.6 cm³/mol. The van der Waals surface area contributed by atoms with Crippen molar-refractivity contribution < 1.29 is 26.8 Å². The summed E-state index contributed by atoms with van der Waals surface area (Å²) in [6.45, 7) is 7.69. The zero-order valence-electron chi connectivity index (χ0n) is 16.2. The van der Waals surface area contributed by atoms with Gasteiger partial charge >= 0.3 is 17.3 Å². The molecule has 0 aromatic heterocycles. The lowest BCUT2D eigenvalue weighted by Gasteiger charge is -2.63. The van der Waals surface area contributed by atoms with Crippen LogP contribution < -0.4 is 0 Å². The summed E-state index contributed by atoms with van der Waals surface area (Å²) in [5, 5.41) is 0. The smallest absolute Gasteiger partial charge is 0.336 e. The van der Waals surface area contributed by atoms with Crippen LogP contribution in [-0.2, 0) is 34.0 Å². The van der Waals surface area contributed by atoms with Gasteiger partial charge in [0.15, 0.2) is 0 Å². The molecule has 5 rings (SSSR count). The molecule has 0 radical (unpaired) electrons. The fourth-order valence-corrected chi connectivity index (χ4v) is 7.94. The van der Waals surface area contributed by atoms with E-state index in [0.717, 1.165) is 32.1 Å². The Morgan fingerprint density at radius 3 is 2.67 bits per heavy atom. The van der Waals surface area contributed by atoms with Crippen LogP contribution in [0, 0.1) is 22.7 Å². The van der Waals surface area contributed by atoms with E-state index in [-0.39, 0.29) is 34.6 Å². The average Bonchev–Trinajstić information content (AvgIpc) is 3.19. The molecular formula is C20H28O6S. The zero-order valence-corrected chi connectivity index (χ0v) is 17.0. The number of rotatable bonds is 1. The quantitative estimate of drug-likeness (QED) is 0.635. The van der Waals surface area contributed by atoms with Crippen molar-refractivity contribution in [3.63, 3.8) is 0 Å². The first-order chi connectivity index (χ1) is 12.8.